The molecule has 1 aromatic carbocycles. The Morgan fingerprint density at radius 2 is 1.55 bits per heavy atom. The van der Waals surface area contributed by atoms with Gasteiger partial charge in [0, 0.05) is 31.7 Å². The van der Waals surface area contributed by atoms with Crippen LogP contribution in [0.15, 0.2) is 30.0 Å². The van der Waals surface area contributed by atoms with Gasteiger partial charge in [0.2, 0.25) is 5.91 Å². The smallest absolute Gasteiger partial charge is 0.278 e. The van der Waals surface area contributed by atoms with Crippen LogP contribution in [0.1, 0.15) is 57.4 Å². The van der Waals surface area contributed by atoms with Gasteiger partial charge in [-0.1, -0.05) is 44.2 Å². The van der Waals surface area contributed by atoms with Crippen LogP contribution < -0.4 is 5.32 Å². The van der Waals surface area contributed by atoms with E-state index in [0.717, 1.165) is 38.5 Å². The maximum absolute atomic E-state index is 13.6. The highest BCUT2D eigenvalue weighted by molar-refractivity contribution is 6.35. The Hall–Kier alpha value is -2.67. The number of hydrogen-bond acceptors (Lipinski definition) is 5. The largest absolute Gasteiger partial charge is 0.378 e. The van der Waals surface area contributed by atoms with Gasteiger partial charge in [0.1, 0.15) is 5.70 Å². The Morgan fingerprint density at radius 3 is 2.16 bits per heavy atom. The standard InChI is InChI=1S/C24H31N3O4/c1-17(28)25-19-11-9-18(10-12-19)21-22(26-13-15-31-16-14-26)24(30)27(23(21)29)20-7-5-3-2-4-6-8-20/h9-12,20H,2-8,13-16H2,1H3,(H,25,28). The minimum absolute atomic E-state index is 0.0347. The summed E-state index contributed by atoms with van der Waals surface area (Å²) in [4.78, 5) is 42.1. The number of carbonyl (C=O) groups excluding carboxylic acids is 3. The van der Waals surface area contributed by atoms with Gasteiger partial charge >= 0.3 is 0 Å². The van der Waals surface area contributed by atoms with Crippen molar-refractivity contribution in [2.75, 3.05) is 31.6 Å². The number of carbonyl (C=O) groups is 3. The summed E-state index contributed by atoms with van der Waals surface area (Å²) in [7, 11) is 0. The number of nitrogens with zero attached hydrogens (tertiary/aromatic N) is 2. The molecule has 2 aliphatic heterocycles. The molecule has 1 N–H and O–H groups in total. The van der Waals surface area contributed by atoms with Crippen molar-refractivity contribution in [1.29, 1.82) is 0 Å². The van der Waals surface area contributed by atoms with Crippen molar-refractivity contribution in [2.45, 2.75) is 57.9 Å². The fourth-order valence-corrected chi connectivity index (χ4v) is 4.82. The van der Waals surface area contributed by atoms with E-state index in [0.29, 0.717) is 48.8 Å². The van der Waals surface area contributed by atoms with Crippen molar-refractivity contribution >= 4 is 29.0 Å². The lowest BCUT2D eigenvalue weighted by Crippen LogP contribution is -2.44. The SMILES string of the molecule is CC(=O)Nc1ccc(C2=C(N3CCOCC3)C(=O)N(C3CCCCCCC3)C2=O)cc1. The average molecular weight is 426 g/mol. The normalized spacial score (nSPS) is 21.3. The fourth-order valence-electron chi connectivity index (χ4n) is 4.82. The van der Waals surface area contributed by atoms with Gasteiger partial charge in [-0.3, -0.25) is 19.3 Å². The Labute approximate surface area is 183 Å². The maximum atomic E-state index is 13.6. The van der Waals surface area contributed by atoms with Crippen LogP contribution in [0.5, 0.6) is 0 Å². The highest BCUT2D eigenvalue weighted by atomic mass is 16.5. The highest BCUT2D eigenvalue weighted by Gasteiger charge is 2.44. The van der Waals surface area contributed by atoms with Crippen molar-refractivity contribution in [2.24, 2.45) is 0 Å². The molecule has 3 amide bonds. The first-order valence-corrected chi connectivity index (χ1v) is 11.4. The topological polar surface area (TPSA) is 79.0 Å². The first-order valence-electron chi connectivity index (χ1n) is 11.4. The molecule has 1 aliphatic carbocycles. The van der Waals surface area contributed by atoms with Gasteiger partial charge < -0.3 is 15.0 Å². The van der Waals surface area contributed by atoms with E-state index in [1.54, 1.807) is 12.1 Å². The zero-order chi connectivity index (χ0) is 21.8. The molecule has 1 saturated carbocycles. The number of morpholine rings is 1. The van der Waals surface area contributed by atoms with Crippen LogP contribution in [0, 0.1) is 0 Å². The number of anilines is 1. The average Bonchev–Trinajstić information content (AvgIpc) is 2.99. The molecule has 7 heteroatoms. The predicted octanol–water partition coefficient (Wildman–Crippen LogP) is 3.17. The van der Waals surface area contributed by atoms with E-state index in [4.69, 9.17) is 4.74 Å². The number of benzene rings is 1. The number of rotatable bonds is 4. The molecule has 0 aromatic heterocycles. The van der Waals surface area contributed by atoms with Gasteiger partial charge in [0.25, 0.3) is 11.8 Å². The molecule has 0 atom stereocenters. The van der Waals surface area contributed by atoms with Crippen LogP contribution in [0.25, 0.3) is 5.57 Å². The van der Waals surface area contributed by atoms with E-state index in [9.17, 15) is 14.4 Å². The van der Waals surface area contributed by atoms with Gasteiger partial charge in [0.15, 0.2) is 0 Å². The number of amides is 3. The second-order valence-electron chi connectivity index (χ2n) is 8.56. The molecule has 0 bridgehead atoms. The summed E-state index contributed by atoms with van der Waals surface area (Å²) in [5.41, 5.74) is 2.35. The van der Waals surface area contributed by atoms with Crippen LogP contribution in [0.2, 0.25) is 0 Å². The summed E-state index contributed by atoms with van der Waals surface area (Å²) >= 11 is 0. The molecular weight excluding hydrogens is 394 g/mol. The lowest BCUT2D eigenvalue weighted by atomic mass is 9.95. The van der Waals surface area contributed by atoms with Crippen LogP contribution in [-0.4, -0.2) is 59.9 Å². The molecule has 1 saturated heterocycles. The van der Waals surface area contributed by atoms with Crippen molar-refractivity contribution in [3.63, 3.8) is 0 Å². The van der Waals surface area contributed by atoms with Crippen LogP contribution in [-0.2, 0) is 19.1 Å². The Kier molecular flexibility index (Phi) is 6.70. The quantitative estimate of drug-likeness (QED) is 0.750. The molecule has 0 unspecified atom stereocenters. The zero-order valence-electron chi connectivity index (χ0n) is 18.2. The zero-order valence-corrected chi connectivity index (χ0v) is 18.2. The number of imide groups is 1. The summed E-state index contributed by atoms with van der Waals surface area (Å²) in [5, 5.41) is 2.75. The van der Waals surface area contributed by atoms with E-state index >= 15 is 0 Å². The van der Waals surface area contributed by atoms with Gasteiger partial charge in [0.05, 0.1) is 18.8 Å². The molecule has 4 rings (SSSR count). The van der Waals surface area contributed by atoms with Crippen LogP contribution >= 0.6 is 0 Å². The van der Waals surface area contributed by atoms with Crippen molar-refractivity contribution in [1.82, 2.24) is 9.80 Å². The second-order valence-corrected chi connectivity index (χ2v) is 8.56. The molecule has 0 radical (unpaired) electrons. The van der Waals surface area contributed by atoms with Gasteiger partial charge in [-0.15, -0.1) is 0 Å². The lowest BCUT2D eigenvalue weighted by molar-refractivity contribution is -0.141. The third-order valence-electron chi connectivity index (χ3n) is 6.35. The molecule has 1 aromatic rings. The van der Waals surface area contributed by atoms with Crippen LogP contribution in [0.4, 0.5) is 5.69 Å². The third-order valence-corrected chi connectivity index (χ3v) is 6.35. The molecule has 166 valence electrons. The molecule has 31 heavy (non-hydrogen) atoms. The van der Waals surface area contributed by atoms with E-state index in [-0.39, 0.29) is 23.8 Å². The van der Waals surface area contributed by atoms with E-state index in [1.165, 1.54) is 18.2 Å². The van der Waals surface area contributed by atoms with Crippen LogP contribution in [0.3, 0.4) is 0 Å². The number of nitrogens with one attached hydrogen (secondary N) is 1. The molecule has 3 aliphatic rings. The third kappa shape index (κ3) is 4.66. The molecule has 7 nitrogen and oxygen atoms in total. The first kappa shape index (κ1) is 21.6. The second kappa shape index (κ2) is 9.64. The van der Waals surface area contributed by atoms with Gasteiger partial charge in [-0.2, -0.15) is 0 Å². The minimum atomic E-state index is -0.190. The van der Waals surface area contributed by atoms with E-state index in [2.05, 4.69) is 5.32 Å². The van der Waals surface area contributed by atoms with Gasteiger partial charge in [-0.25, -0.2) is 0 Å². The van der Waals surface area contributed by atoms with E-state index in [1.807, 2.05) is 17.0 Å². The van der Waals surface area contributed by atoms with Gasteiger partial charge in [-0.05, 0) is 30.5 Å². The van der Waals surface area contributed by atoms with Crippen molar-refractivity contribution in [3.8, 4) is 0 Å². The number of hydrogen-bond donors (Lipinski definition) is 1. The highest BCUT2D eigenvalue weighted by Crippen LogP contribution is 2.36. The summed E-state index contributed by atoms with van der Waals surface area (Å²) in [5.74, 6) is -0.508. The summed E-state index contributed by atoms with van der Waals surface area (Å²) in [6.07, 6.45) is 7.41. The maximum Gasteiger partial charge on any atom is 0.278 e. The minimum Gasteiger partial charge on any atom is -0.378 e. The summed E-state index contributed by atoms with van der Waals surface area (Å²) in [6.45, 7) is 3.74. The Balaban J connectivity index is 1.68. The molecule has 0 spiro atoms. The Bertz CT molecular complexity index is 863. The lowest BCUT2D eigenvalue weighted by Gasteiger charge is -2.31. The first-order chi connectivity index (χ1) is 15.1. The number of ether oxygens (including phenoxy) is 1. The molecular formula is C24H31N3O4. The fraction of sp³-hybridized carbons (Fsp3) is 0.542. The Morgan fingerprint density at radius 1 is 0.935 bits per heavy atom. The molecule has 2 fully saturated rings. The summed E-state index contributed by atoms with van der Waals surface area (Å²) < 4.78 is 5.47. The van der Waals surface area contributed by atoms with Crippen molar-refractivity contribution < 1.29 is 19.1 Å². The monoisotopic (exact) mass is 425 g/mol. The van der Waals surface area contributed by atoms with E-state index < -0.39 is 0 Å². The molecule has 2 heterocycles. The van der Waals surface area contributed by atoms with Crippen molar-refractivity contribution in [3.05, 3.63) is 35.5 Å². The summed E-state index contributed by atoms with van der Waals surface area (Å²) in [6, 6.07) is 7.14. The predicted molar refractivity (Wildman–Crippen MR) is 118 cm³/mol.